The molecule has 1 aromatic heterocycles. The predicted octanol–water partition coefficient (Wildman–Crippen LogP) is 4.15. The minimum atomic E-state index is -0.229. The van der Waals surface area contributed by atoms with Gasteiger partial charge in [-0.2, -0.15) is 0 Å². The van der Waals surface area contributed by atoms with Crippen molar-refractivity contribution in [2.45, 2.75) is 13.8 Å². The number of thiophene rings is 1. The fourth-order valence-corrected chi connectivity index (χ4v) is 3.57. The highest BCUT2D eigenvalue weighted by Gasteiger charge is 2.17. The van der Waals surface area contributed by atoms with Crippen LogP contribution in [-0.2, 0) is 4.74 Å². The molecule has 16 heavy (non-hydrogen) atoms. The Morgan fingerprint density at radius 1 is 1.50 bits per heavy atom. The lowest BCUT2D eigenvalue weighted by molar-refractivity contribution is 0.0531. The maximum Gasteiger partial charge on any atom is 0.348 e. The van der Waals surface area contributed by atoms with Crippen LogP contribution in [0.1, 0.15) is 22.2 Å². The second-order valence-corrected chi connectivity index (χ2v) is 5.30. The van der Waals surface area contributed by atoms with Gasteiger partial charge in [-0.25, -0.2) is 4.79 Å². The smallest absolute Gasteiger partial charge is 0.348 e. The van der Waals surface area contributed by atoms with Gasteiger partial charge in [0.25, 0.3) is 0 Å². The zero-order valence-corrected chi connectivity index (χ0v) is 11.4. The van der Waals surface area contributed by atoms with Crippen LogP contribution in [-0.4, -0.2) is 12.6 Å². The Morgan fingerprint density at radius 2 is 2.25 bits per heavy atom. The molecule has 0 fully saturated rings. The maximum absolute atomic E-state index is 11.7. The van der Waals surface area contributed by atoms with Gasteiger partial charge >= 0.3 is 5.97 Å². The molecular weight excluding hydrogens is 288 g/mol. The molecule has 2 nitrogen and oxygen atoms in total. The number of fused-ring (bicyclic) bond motifs is 1. The number of aryl methyl sites for hydroxylation is 1. The highest BCUT2D eigenvalue weighted by Crippen LogP contribution is 2.35. The number of hydrogen-bond acceptors (Lipinski definition) is 3. The Labute approximate surface area is 106 Å². The van der Waals surface area contributed by atoms with E-state index in [1.807, 2.05) is 32.0 Å². The summed E-state index contributed by atoms with van der Waals surface area (Å²) < 4.78 is 7.16. The fraction of sp³-hybridized carbons (Fsp3) is 0.250. The van der Waals surface area contributed by atoms with Crippen molar-refractivity contribution in [1.82, 2.24) is 0 Å². The average molecular weight is 299 g/mol. The molecule has 84 valence electrons. The van der Waals surface area contributed by atoms with Crippen LogP contribution >= 0.6 is 27.3 Å². The minimum absolute atomic E-state index is 0.229. The van der Waals surface area contributed by atoms with E-state index in [-0.39, 0.29) is 5.97 Å². The first-order valence-electron chi connectivity index (χ1n) is 5.00. The van der Waals surface area contributed by atoms with Crippen molar-refractivity contribution in [3.8, 4) is 0 Å². The predicted molar refractivity (Wildman–Crippen MR) is 70.2 cm³/mol. The van der Waals surface area contributed by atoms with Crippen molar-refractivity contribution >= 4 is 43.3 Å². The third-order valence-electron chi connectivity index (χ3n) is 2.36. The molecule has 1 aromatic carbocycles. The molecule has 0 unspecified atom stereocenters. The van der Waals surface area contributed by atoms with Crippen LogP contribution in [0.3, 0.4) is 0 Å². The molecule has 0 N–H and O–H groups in total. The molecular formula is C12H11BrO2S. The van der Waals surface area contributed by atoms with E-state index in [2.05, 4.69) is 15.9 Å². The van der Waals surface area contributed by atoms with E-state index >= 15 is 0 Å². The standard InChI is InChI=1S/C12H11BrO2S/c1-3-15-12(14)11-7(2)10-8(13)5-4-6-9(10)16-11/h4-6H,3H2,1-2H3. The molecule has 0 aliphatic rings. The Hall–Kier alpha value is -0.870. The second-order valence-electron chi connectivity index (χ2n) is 3.39. The van der Waals surface area contributed by atoms with Gasteiger partial charge in [-0.3, -0.25) is 0 Å². The topological polar surface area (TPSA) is 26.3 Å². The van der Waals surface area contributed by atoms with Crippen molar-refractivity contribution < 1.29 is 9.53 Å². The molecule has 0 radical (unpaired) electrons. The second kappa shape index (κ2) is 4.55. The first kappa shape index (κ1) is 11.6. The Balaban J connectivity index is 2.61. The monoisotopic (exact) mass is 298 g/mol. The zero-order chi connectivity index (χ0) is 11.7. The Kier molecular flexibility index (Phi) is 3.30. The van der Waals surface area contributed by atoms with Gasteiger partial charge < -0.3 is 4.74 Å². The summed E-state index contributed by atoms with van der Waals surface area (Å²) in [5.41, 5.74) is 0.992. The molecule has 0 saturated carbocycles. The van der Waals surface area contributed by atoms with Gasteiger partial charge in [-0.15, -0.1) is 11.3 Å². The van der Waals surface area contributed by atoms with E-state index in [1.165, 1.54) is 11.3 Å². The summed E-state index contributed by atoms with van der Waals surface area (Å²) in [4.78, 5) is 12.4. The van der Waals surface area contributed by atoms with Gasteiger partial charge in [0.15, 0.2) is 0 Å². The van der Waals surface area contributed by atoms with E-state index in [4.69, 9.17) is 4.74 Å². The maximum atomic E-state index is 11.7. The number of hydrogen-bond donors (Lipinski definition) is 0. The summed E-state index contributed by atoms with van der Waals surface area (Å²) in [6.45, 7) is 4.18. The van der Waals surface area contributed by atoms with Gasteiger partial charge in [-0.05, 0) is 31.5 Å². The lowest BCUT2D eigenvalue weighted by atomic mass is 10.1. The number of rotatable bonds is 2. The molecule has 0 saturated heterocycles. The van der Waals surface area contributed by atoms with Crippen molar-refractivity contribution in [3.05, 3.63) is 33.1 Å². The number of benzene rings is 1. The van der Waals surface area contributed by atoms with Crippen LogP contribution < -0.4 is 0 Å². The van der Waals surface area contributed by atoms with Gasteiger partial charge in [0, 0.05) is 14.6 Å². The fourth-order valence-electron chi connectivity index (χ4n) is 1.64. The third kappa shape index (κ3) is 1.87. The summed E-state index contributed by atoms with van der Waals surface area (Å²) in [5.74, 6) is -0.229. The van der Waals surface area contributed by atoms with E-state index < -0.39 is 0 Å². The van der Waals surface area contributed by atoms with E-state index in [0.717, 1.165) is 20.1 Å². The molecule has 0 atom stereocenters. The highest BCUT2D eigenvalue weighted by molar-refractivity contribution is 9.10. The number of esters is 1. The summed E-state index contributed by atoms with van der Waals surface area (Å²) >= 11 is 4.99. The van der Waals surface area contributed by atoms with E-state index in [0.29, 0.717) is 11.5 Å². The van der Waals surface area contributed by atoms with Crippen molar-refractivity contribution in [2.24, 2.45) is 0 Å². The first-order valence-corrected chi connectivity index (χ1v) is 6.60. The molecule has 0 bridgehead atoms. The normalized spacial score (nSPS) is 10.7. The third-order valence-corrected chi connectivity index (χ3v) is 4.26. The summed E-state index contributed by atoms with van der Waals surface area (Å²) in [5, 5.41) is 1.11. The van der Waals surface area contributed by atoms with Crippen LogP contribution in [0.15, 0.2) is 22.7 Å². The summed E-state index contributed by atoms with van der Waals surface area (Å²) in [6, 6.07) is 5.97. The number of halogens is 1. The molecule has 1 heterocycles. The minimum Gasteiger partial charge on any atom is -0.462 e. The number of carbonyl (C=O) groups is 1. The van der Waals surface area contributed by atoms with Crippen molar-refractivity contribution in [1.29, 1.82) is 0 Å². The van der Waals surface area contributed by atoms with E-state index in [1.54, 1.807) is 0 Å². The number of carbonyl (C=O) groups excluding carboxylic acids is 1. The summed E-state index contributed by atoms with van der Waals surface area (Å²) in [6.07, 6.45) is 0. The van der Waals surface area contributed by atoms with Crippen molar-refractivity contribution in [3.63, 3.8) is 0 Å². The molecule has 0 aliphatic carbocycles. The highest BCUT2D eigenvalue weighted by atomic mass is 79.9. The van der Waals surface area contributed by atoms with E-state index in [9.17, 15) is 4.79 Å². The van der Waals surface area contributed by atoms with Crippen molar-refractivity contribution in [2.75, 3.05) is 6.61 Å². The molecule has 4 heteroatoms. The SMILES string of the molecule is CCOC(=O)c1sc2cccc(Br)c2c1C. The van der Waals surface area contributed by atoms with Crippen LogP contribution in [0.4, 0.5) is 0 Å². The lowest BCUT2D eigenvalue weighted by Gasteiger charge is -1.99. The zero-order valence-electron chi connectivity index (χ0n) is 9.04. The van der Waals surface area contributed by atoms with Gasteiger partial charge in [-0.1, -0.05) is 22.0 Å². The van der Waals surface area contributed by atoms with Crippen LogP contribution in [0.25, 0.3) is 10.1 Å². The van der Waals surface area contributed by atoms with Crippen LogP contribution in [0, 0.1) is 6.92 Å². The van der Waals surface area contributed by atoms with Gasteiger partial charge in [0.2, 0.25) is 0 Å². The largest absolute Gasteiger partial charge is 0.462 e. The summed E-state index contributed by atoms with van der Waals surface area (Å²) in [7, 11) is 0. The van der Waals surface area contributed by atoms with Gasteiger partial charge in [0.05, 0.1) is 6.61 Å². The first-order chi connectivity index (χ1) is 7.65. The van der Waals surface area contributed by atoms with Crippen LogP contribution in [0.2, 0.25) is 0 Å². The van der Waals surface area contributed by atoms with Crippen LogP contribution in [0.5, 0.6) is 0 Å². The Morgan fingerprint density at radius 3 is 2.88 bits per heavy atom. The molecule has 2 aromatic rings. The molecule has 0 aliphatic heterocycles. The average Bonchev–Trinajstić information content (AvgIpc) is 2.58. The lowest BCUT2D eigenvalue weighted by Crippen LogP contribution is -2.03. The molecule has 0 spiro atoms. The number of ether oxygens (including phenoxy) is 1. The Bertz CT molecular complexity index is 545. The molecule has 2 rings (SSSR count). The quantitative estimate of drug-likeness (QED) is 0.779. The van der Waals surface area contributed by atoms with Gasteiger partial charge in [0.1, 0.15) is 4.88 Å². The molecule has 0 amide bonds.